The predicted octanol–water partition coefficient (Wildman–Crippen LogP) is 6.40. The van der Waals surface area contributed by atoms with Crippen LogP contribution in [0.2, 0.25) is 5.02 Å². The topological polar surface area (TPSA) is 194 Å². The van der Waals surface area contributed by atoms with E-state index in [1.165, 1.54) is 20.2 Å². The predicted molar refractivity (Wildman–Crippen MR) is 193 cm³/mol. The zero-order valence-electron chi connectivity index (χ0n) is 29.5. The number of phenolic OH excluding ortho intramolecular Hbond substituents is 1. The van der Waals surface area contributed by atoms with E-state index >= 15 is 8.78 Å². The Kier molecular flexibility index (Phi) is 9.44. The molecule has 15 nitrogen and oxygen atoms in total. The molecule has 1 saturated carbocycles. The SMILES string of the molecule is COc1cc([C@H]2C3=CC[C@@H]4C(=O)N(c5cc([N+](=O)[O-])c(N(C)C)c([N+](=O)[O-])c5)C(=O)[C@@H]4[C@@H]3C[C@@]3(Cl)C(=O)N(c4c(F)c(F)c(F)c(F)c4F)C(=O)[C@@]23Cl)cc(Cl)c1O. The number of aromatic hydroxyl groups is 1. The first-order chi connectivity index (χ1) is 27.1. The summed E-state index contributed by atoms with van der Waals surface area (Å²) in [5.41, 5.74) is -4.87. The molecular weight excluding hydrogens is 852 g/mol. The summed E-state index contributed by atoms with van der Waals surface area (Å²) in [5, 5.41) is 34.3. The van der Waals surface area contributed by atoms with Crippen LogP contribution in [0.5, 0.6) is 11.5 Å². The van der Waals surface area contributed by atoms with Crippen molar-refractivity contribution in [2.45, 2.75) is 28.5 Å². The second-order valence-electron chi connectivity index (χ2n) is 14.0. The van der Waals surface area contributed by atoms with Crippen LogP contribution in [-0.2, 0) is 19.2 Å². The minimum atomic E-state index is -2.93. The van der Waals surface area contributed by atoms with Crippen molar-refractivity contribution in [3.05, 3.63) is 95.8 Å². The summed E-state index contributed by atoms with van der Waals surface area (Å²) in [6.07, 6.45) is 0.133. The van der Waals surface area contributed by atoms with Crippen molar-refractivity contribution in [1.29, 1.82) is 0 Å². The van der Waals surface area contributed by atoms with Crippen LogP contribution in [-0.4, -0.2) is 69.5 Å². The lowest BCUT2D eigenvalue weighted by molar-refractivity contribution is -0.392. The van der Waals surface area contributed by atoms with E-state index in [-0.39, 0.29) is 28.2 Å². The van der Waals surface area contributed by atoms with Crippen LogP contribution in [0, 0.1) is 67.1 Å². The third-order valence-electron chi connectivity index (χ3n) is 11.0. The zero-order valence-corrected chi connectivity index (χ0v) is 31.8. The lowest BCUT2D eigenvalue weighted by Gasteiger charge is -2.50. The van der Waals surface area contributed by atoms with Gasteiger partial charge in [0.1, 0.15) is 5.69 Å². The summed E-state index contributed by atoms with van der Waals surface area (Å²) in [4.78, 5) is 75.2. The number of carbonyl (C=O) groups excluding carboxylic acids is 4. The van der Waals surface area contributed by atoms with Gasteiger partial charge in [-0.15, -0.1) is 23.2 Å². The molecule has 304 valence electrons. The fourth-order valence-electron chi connectivity index (χ4n) is 8.57. The van der Waals surface area contributed by atoms with E-state index in [1.54, 1.807) is 0 Å². The number of halogens is 8. The van der Waals surface area contributed by atoms with Gasteiger partial charge in [0.25, 0.3) is 11.8 Å². The Balaban J connectivity index is 1.44. The molecule has 2 heterocycles. The summed E-state index contributed by atoms with van der Waals surface area (Å²) in [7, 11) is 3.69. The lowest BCUT2D eigenvalue weighted by Crippen LogP contribution is -2.60. The second-order valence-corrected chi connectivity index (χ2v) is 15.6. The molecule has 3 aromatic carbocycles. The van der Waals surface area contributed by atoms with Gasteiger partial charge >= 0.3 is 11.4 Å². The van der Waals surface area contributed by atoms with Gasteiger partial charge < -0.3 is 14.7 Å². The van der Waals surface area contributed by atoms with E-state index in [4.69, 9.17) is 39.5 Å². The Labute approximate surface area is 336 Å². The largest absolute Gasteiger partial charge is 0.503 e. The first-order valence-corrected chi connectivity index (χ1v) is 17.8. The number of imide groups is 2. The number of benzene rings is 3. The molecular formula is C35H23Cl3F5N5O10. The molecule has 2 saturated heterocycles. The average molecular weight is 875 g/mol. The zero-order chi connectivity index (χ0) is 42.8. The number of carbonyl (C=O) groups is 4. The molecule has 2 aliphatic heterocycles. The number of fused-ring (bicyclic) bond motifs is 4. The minimum absolute atomic E-state index is 0.000313. The number of ether oxygens (including phenoxy) is 1. The Bertz CT molecular complexity index is 2450. The summed E-state index contributed by atoms with van der Waals surface area (Å²) < 4.78 is 79.1. The molecule has 0 spiro atoms. The van der Waals surface area contributed by atoms with Crippen molar-refractivity contribution in [3.63, 3.8) is 0 Å². The first kappa shape index (κ1) is 40.6. The van der Waals surface area contributed by atoms with Crippen LogP contribution >= 0.6 is 34.8 Å². The standard InChI is InChI=1S/C35H23Cl3F5N5O10/c1-44(2)27-17(47(54)55)8-12(9-18(27)48(56)57)45-30(50)14-5-4-13-15(20(14)31(45)51)10-34(37)32(52)46(28-25(42)23(40)22(39)24(41)26(28)43)33(53)35(34,38)21(13)11-6-16(36)29(49)19(7-11)58-3/h4,6-9,14-15,20-21,49H,5,10H2,1-3H3/t14-,15+,20-,21-,34+,35-/m0/s1. The Hall–Kier alpha value is -5.60. The van der Waals surface area contributed by atoms with Gasteiger partial charge in [0, 0.05) is 32.1 Å². The number of alkyl halides is 2. The molecule has 23 heteroatoms. The van der Waals surface area contributed by atoms with Gasteiger partial charge in [0.15, 0.2) is 50.2 Å². The lowest BCUT2D eigenvalue weighted by atomic mass is 9.56. The Morgan fingerprint density at radius 1 is 0.845 bits per heavy atom. The van der Waals surface area contributed by atoms with E-state index in [9.17, 15) is 57.7 Å². The first-order valence-electron chi connectivity index (χ1n) is 16.6. The maximum Gasteiger partial charge on any atom is 0.301 e. The highest BCUT2D eigenvalue weighted by Crippen LogP contribution is 2.66. The Morgan fingerprint density at radius 2 is 1.40 bits per heavy atom. The highest BCUT2D eigenvalue weighted by atomic mass is 35.5. The molecule has 4 aliphatic rings. The molecule has 0 bridgehead atoms. The van der Waals surface area contributed by atoms with Crippen molar-refractivity contribution < 1.29 is 60.8 Å². The molecule has 0 aromatic heterocycles. The monoisotopic (exact) mass is 873 g/mol. The number of allylic oxidation sites excluding steroid dienone is 2. The minimum Gasteiger partial charge on any atom is -0.503 e. The fraction of sp³-hybridized carbons (Fsp3) is 0.314. The van der Waals surface area contributed by atoms with Gasteiger partial charge in [-0.2, -0.15) is 0 Å². The van der Waals surface area contributed by atoms with Gasteiger partial charge in [-0.05, 0) is 36.5 Å². The third kappa shape index (κ3) is 5.23. The number of hydrogen-bond donors (Lipinski definition) is 1. The molecule has 58 heavy (non-hydrogen) atoms. The maximum atomic E-state index is 15.3. The number of nitrogens with zero attached hydrogens (tertiary/aromatic N) is 5. The van der Waals surface area contributed by atoms with E-state index < -0.39 is 142 Å². The fourth-order valence-corrected chi connectivity index (χ4v) is 9.72. The number of nitro benzene ring substituents is 2. The van der Waals surface area contributed by atoms with E-state index in [1.807, 2.05) is 0 Å². The number of rotatable bonds is 7. The van der Waals surface area contributed by atoms with Crippen LogP contribution < -0.4 is 19.4 Å². The molecule has 0 radical (unpaired) electrons. The van der Waals surface area contributed by atoms with E-state index in [0.717, 1.165) is 36.3 Å². The second kappa shape index (κ2) is 13.5. The molecule has 4 amide bonds. The maximum absolute atomic E-state index is 15.3. The van der Waals surface area contributed by atoms with Crippen LogP contribution in [0.15, 0.2) is 35.9 Å². The molecule has 3 fully saturated rings. The molecule has 1 N–H and O–H groups in total. The van der Waals surface area contributed by atoms with E-state index in [0.29, 0.717) is 4.90 Å². The Morgan fingerprint density at radius 3 is 1.91 bits per heavy atom. The molecule has 3 aromatic rings. The summed E-state index contributed by atoms with van der Waals surface area (Å²) in [5.74, 6) is -25.5. The molecule has 6 atom stereocenters. The van der Waals surface area contributed by atoms with Crippen LogP contribution in [0.1, 0.15) is 24.3 Å². The van der Waals surface area contributed by atoms with Crippen LogP contribution in [0.3, 0.4) is 0 Å². The van der Waals surface area contributed by atoms with Gasteiger partial charge in [-0.25, -0.2) is 31.8 Å². The van der Waals surface area contributed by atoms with Gasteiger partial charge in [-0.1, -0.05) is 23.3 Å². The van der Waals surface area contributed by atoms with Gasteiger partial charge in [0.2, 0.25) is 17.6 Å². The van der Waals surface area contributed by atoms with E-state index in [2.05, 4.69) is 0 Å². The highest BCUT2D eigenvalue weighted by molar-refractivity contribution is 6.58. The number of phenols is 1. The summed E-state index contributed by atoms with van der Waals surface area (Å²) >= 11 is 20.5. The summed E-state index contributed by atoms with van der Waals surface area (Å²) in [6, 6.07) is 3.72. The van der Waals surface area contributed by atoms with Crippen molar-refractivity contribution in [2.24, 2.45) is 17.8 Å². The third-order valence-corrected chi connectivity index (χ3v) is 12.7. The molecule has 7 rings (SSSR count). The molecule has 0 unspecified atom stereocenters. The van der Waals surface area contributed by atoms with Crippen molar-refractivity contribution in [1.82, 2.24) is 0 Å². The number of nitro groups is 2. The number of anilines is 3. The van der Waals surface area contributed by atoms with Crippen molar-refractivity contribution in [3.8, 4) is 11.5 Å². The van der Waals surface area contributed by atoms with Crippen LogP contribution in [0.25, 0.3) is 0 Å². The number of amides is 4. The smallest absolute Gasteiger partial charge is 0.301 e. The highest BCUT2D eigenvalue weighted by Gasteiger charge is 2.77. The van der Waals surface area contributed by atoms with Crippen LogP contribution in [0.4, 0.5) is 50.4 Å². The number of methoxy groups -OCH3 is 1. The molecule has 2 aliphatic carbocycles. The quantitative estimate of drug-likeness (QED) is 0.0404. The summed E-state index contributed by atoms with van der Waals surface area (Å²) in [6.45, 7) is 0. The van der Waals surface area contributed by atoms with Gasteiger partial charge in [-0.3, -0.25) is 39.4 Å². The van der Waals surface area contributed by atoms with Crippen molar-refractivity contribution in [2.75, 3.05) is 35.9 Å². The van der Waals surface area contributed by atoms with Gasteiger partial charge in [0.05, 0.1) is 39.5 Å². The normalized spacial score (nSPS) is 26.4. The number of hydrogen-bond acceptors (Lipinski definition) is 11. The average Bonchev–Trinajstić information content (AvgIpc) is 3.51. The van der Waals surface area contributed by atoms with Crippen molar-refractivity contribution >= 4 is 86.9 Å².